The van der Waals surface area contributed by atoms with Gasteiger partial charge >= 0.3 is 0 Å². The Morgan fingerprint density at radius 2 is 1.71 bits per heavy atom. The third-order valence-corrected chi connectivity index (χ3v) is 3.07. The fourth-order valence-electron chi connectivity index (χ4n) is 1.45. The van der Waals surface area contributed by atoms with Gasteiger partial charge in [0.15, 0.2) is 10.8 Å². The monoisotopic (exact) mass is 209 g/mol. The highest BCUT2D eigenvalue weighted by atomic mass is 35.5. The van der Waals surface area contributed by atoms with Crippen molar-refractivity contribution in [3.05, 3.63) is 27.7 Å². The number of aromatic nitrogens is 3. The first-order valence-corrected chi connectivity index (χ1v) is 4.88. The van der Waals surface area contributed by atoms with E-state index in [1.807, 2.05) is 27.7 Å². The van der Waals surface area contributed by atoms with Crippen LogP contribution in [0.2, 0.25) is 5.15 Å². The van der Waals surface area contributed by atoms with Crippen LogP contribution in [0.5, 0.6) is 0 Å². The van der Waals surface area contributed by atoms with Gasteiger partial charge in [-0.2, -0.15) is 5.10 Å². The van der Waals surface area contributed by atoms with E-state index >= 15 is 0 Å². The largest absolute Gasteiger partial charge is 0.232 e. The van der Waals surface area contributed by atoms with Crippen molar-refractivity contribution in [1.29, 1.82) is 0 Å². The summed E-state index contributed by atoms with van der Waals surface area (Å²) in [7, 11) is 0. The van der Waals surface area contributed by atoms with E-state index in [0.29, 0.717) is 5.15 Å². The first kappa shape index (κ1) is 9.46. The predicted octanol–water partition coefficient (Wildman–Crippen LogP) is 2.62. The van der Waals surface area contributed by atoms with Crippen LogP contribution in [0.1, 0.15) is 22.5 Å². The van der Waals surface area contributed by atoms with Crippen molar-refractivity contribution in [3.63, 3.8) is 0 Å². The van der Waals surface area contributed by atoms with Crippen LogP contribution in [0.15, 0.2) is 0 Å². The number of imidazole rings is 1. The molecule has 4 heteroatoms. The molecule has 0 saturated carbocycles. The average molecular weight is 210 g/mol. The van der Waals surface area contributed by atoms with Gasteiger partial charge in [-0.05, 0) is 38.8 Å². The Hall–Kier alpha value is -1.09. The van der Waals surface area contributed by atoms with Gasteiger partial charge in [-0.15, -0.1) is 0 Å². The number of hydrogen-bond acceptors (Lipinski definition) is 2. The summed E-state index contributed by atoms with van der Waals surface area (Å²) >= 11 is 6.01. The summed E-state index contributed by atoms with van der Waals surface area (Å²) in [4.78, 5) is 4.46. The number of rotatable bonds is 0. The topological polar surface area (TPSA) is 30.2 Å². The van der Waals surface area contributed by atoms with Gasteiger partial charge in [-0.3, -0.25) is 0 Å². The van der Waals surface area contributed by atoms with E-state index in [-0.39, 0.29) is 0 Å². The molecule has 0 radical (unpaired) electrons. The lowest BCUT2D eigenvalue weighted by molar-refractivity contribution is 0.882. The van der Waals surface area contributed by atoms with Crippen LogP contribution < -0.4 is 0 Å². The maximum atomic E-state index is 6.01. The Morgan fingerprint density at radius 3 is 2.36 bits per heavy atom. The lowest BCUT2D eigenvalue weighted by atomic mass is 10.2. The molecule has 14 heavy (non-hydrogen) atoms. The zero-order valence-corrected chi connectivity index (χ0v) is 9.48. The van der Waals surface area contributed by atoms with Crippen LogP contribution in [0, 0.1) is 27.7 Å². The van der Waals surface area contributed by atoms with Gasteiger partial charge in [0.25, 0.3) is 0 Å². The molecule has 0 aromatic carbocycles. The molecular formula is C10H12ClN3. The second-order valence-electron chi connectivity index (χ2n) is 3.56. The number of aryl methyl sites for hydroxylation is 3. The lowest BCUT2D eigenvalue weighted by Gasteiger charge is -2.04. The van der Waals surface area contributed by atoms with Crippen LogP contribution in [-0.2, 0) is 0 Å². The molecule has 0 aliphatic rings. The van der Waals surface area contributed by atoms with Gasteiger partial charge in [-0.1, -0.05) is 11.6 Å². The zero-order valence-electron chi connectivity index (χ0n) is 8.72. The van der Waals surface area contributed by atoms with Gasteiger partial charge in [0.05, 0.1) is 11.4 Å². The van der Waals surface area contributed by atoms with Crippen molar-refractivity contribution < 1.29 is 0 Å². The van der Waals surface area contributed by atoms with Crippen LogP contribution in [0.4, 0.5) is 0 Å². The van der Waals surface area contributed by atoms with Crippen LogP contribution >= 0.6 is 11.6 Å². The molecule has 0 saturated heterocycles. The maximum Gasteiger partial charge on any atom is 0.157 e. The average Bonchev–Trinajstić information content (AvgIpc) is 2.42. The number of nitrogens with zero attached hydrogens (tertiary/aromatic N) is 3. The van der Waals surface area contributed by atoms with Gasteiger partial charge in [0.1, 0.15) is 0 Å². The predicted molar refractivity (Wildman–Crippen MR) is 56.9 cm³/mol. The highest BCUT2D eigenvalue weighted by Crippen LogP contribution is 2.21. The van der Waals surface area contributed by atoms with Crippen molar-refractivity contribution in [1.82, 2.24) is 14.6 Å². The summed E-state index contributed by atoms with van der Waals surface area (Å²) in [5.74, 6) is 0. The molecule has 74 valence electrons. The van der Waals surface area contributed by atoms with E-state index in [9.17, 15) is 0 Å². The molecule has 0 atom stereocenters. The van der Waals surface area contributed by atoms with E-state index < -0.39 is 0 Å². The molecule has 0 aliphatic carbocycles. The second kappa shape index (κ2) is 2.95. The van der Waals surface area contributed by atoms with Crippen molar-refractivity contribution in [2.75, 3.05) is 0 Å². The fraction of sp³-hybridized carbons (Fsp3) is 0.400. The lowest BCUT2D eigenvalue weighted by Crippen LogP contribution is -1.99. The highest BCUT2D eigenvalue weighted by molar-refractivity contribution is 6.30. The Kier molecular flexibility index (Phi) is 2.00. The highest BCUT2D eigenvalue weighted by Gasteiger charge is 2.11. The molecule has 0 N–H and O–H groups in total. The normalized spacial score (nSPS) is 11.2. The molecular weight excluding hydrogens is 198 g/mol. The number of hydrogen-bond donors (Lipinski definition) is 0. The molecule has 3 nitrogen and oxygen atoms in total. The molecule has 2 aromatic rings. The molecule has 0 aliphatic heterocycles. The van der Waals surface area contributed by atoms with Crippen LogP contribution in [0.25, 0.3) is 5.65 Å². The fourth-order valence-corrected chi connectivity index (χ4v) is 1.67. The molecule has 0 fully saturated rings. The summed E-state index contributed by atoms with van der Waals surface area (Å²) in [5.41, 5.74) is 5.06. The summed E-state index contributed by atoms with van der Waals surface area (Å²) in [6.07, 6.45) is 0. The molecule has 0 bridgehead atoms. The third kappa shape index (κ3) is 1.12. The Morgan fingerprint density at radius 1 is 1.07 bits per heavy atom. The quantitative estimate of drug-likeness (QED) is 0.668. The molecule has 2 rings (SSSR count). The first-order valence-electron chi connectivity index (χ1n) is 4.51. The zero-order chi connectivity index (χ0) is 10.5. The van der Waals surface area contributed by atoms with E-state index in [1.54, 1.807) is 4.52 Å². The van der Waals surface area contributed by atoms with Crippen LogP contribution in [-0.4, -0.2) is 14.6 Å². The SMILES string of the molecule is Cc1nc2c(C)c(C)c(Cl)nn2c1C. The third-order valence-electron chi connectivity index (χ3n) is 2.71. The van der Waals surface area contributed by atoms with Crippen molar-refractivity contribution in [2.45, 2.75) is 27.7 Å². The Labute approximate surface area is 87.7 Å². The maximum absolute atomic E-state index is 6.01. The molecule has 0 spiro atoms. The van der Waals surface area contributed by atoms with E-state index in [2.05, 4.69) is 10.1 Å². The second-order valence-corrected chi connectivity index (χ2v) is 3.92. The standard InChI is InChI=1S/C10H12ClN3/c1-5-6(2)10-12-7(3)8(4)14(10)13-9(5)11/h1-4H3. The molecule has 2 heterocycles. The smallest absolute Gasteiger partial charge is 0.157 e. The van der Waals surface area contributed by atoms with Gasteiger partial charge in [0.2, 0.25) is 0 Å². The first-order chi connectivity index (χ1) is 6.52. The van der Waals surface area contributed by atoms with E-state index in [4.69, 9.17) is 11.6 Å². The van der Waals surface area contributed by atoms with Crippen LogP contribution in [0.3, 0.4) is 0 Å². The van der Waals surface area contributed by atoms with Gasteiger partial charge < -0.3 is 0 Å². The minimum atomic E-state index is 0.551. The van der Waals surface area contributed by atoms with Gasteiger partial charge in [-0.25, -0.2) is 9.50 Å². The van der Waals surface area contributed by atoms with Crippen molar-refractivity contribution in [2.24, 2.45) is 0 Å². The Bertz CT molecular complexity index is 514. The van der Waals surface area contributed by atoms with E-state index in [0.717, 1.165) is 28.2 Å². The van der Waals surface area contributed by atoms with Crippen molar-refractivity contribution >= 4 is 17.2 Å². The van der Waals surface area contributed by atoms with E-state index in [1.165, 1.54) is 0 Å². The summed E-state index contributed by atoms with van der Waals surface area (Å²) in [6, 6.07) is 0. The molecule has 0 unspecified atom stereocenters. The summed E-state index contributed by atoms with van der Waals surface area (Å²) < 4.78 is 1.81. The van der Waals surface area contributed by atoms with Gasteiger partial charge in [0, 0.05) is 0 Å². The van der Waals surface area contributed by atoms with Crippen molar-refractivity contribution in [3.8, 4) is 0 Å². The Balaban J connectivity index is 2.98. The summed E-state index contributed by atoms with van der Waals surface area (Å²) in [5, 5.41) is 4.83. The molecule has 2 aromatic heterocycles. The number of fused-ring (bicyclic) bond motifs is 1. The summed E-state index contributed by atoms with van der Waals surface area (Å²) in [6.45, 7) is 7.95. The number of halogens is 1. The minimum Gasteiger partial charge on any atom is -0.232 e. The minimum absolute atomic E-state index is 0.551. The molecule has 0 amide bonds.